The monoisotopic (exact) mass is 403 g/mol. The number of carbonyl (C=O) groups is 1. The smallest absolute Gasteiger partial charge is 0.222 e. The second-order valence-electron chi connectivity index (χ2n) is 7.70. The van der Waals surface area contributed by atoms with E-state index in [2.05, 4.69) is 69.3 Å². The van der Waals surface area contributed by atoms with Crippen LogP contribution in [0.3, 0.4) is 0 Å². The molecule has 0 saturated carbocycles. The minimum atomic E-state index is 0.267. The van der Waals surface area contributed by atoms with Crippen LogP contribution in [0.4, 0.5) is 0 Å². The van der Waals surface area contributed by atoms with Gasteiger partial charge in [-0.05, 0) is 35.6 Å². The second kappa shape index (κ2) is 9.48. The van der Waals surface area contributed by atoms with Crippen LogP contribution in [0.5, 0.6) is 0 Å². The number of H-pyrrole nitrogens is 1. The Morgan fingerprint density at radius 1 is 1.10 bits per heavy atom. The van der Waals surface area contributed by atoms with Crippen LogP contribution in [0, 0.1) is 0 Å². The predicted molar refractivity (Wildman–Crippen MR) is 121 cm³/mol. The van der Waals surface area contributed by atoms with Crippen molar-refractivity contribution in [2.24, 2.45) is 4.99 Å². The number of nitrogens with one attached hydrogen (secondary N) is 3. The highest BCUT2D eigenvalue weighted by Crippen LogP contribution is 2.18. The molecule has 0 unspecified atom stereocenters. The molecule has 1 aliphatic rings. The highest BCUT2D eigenvalue weighted by Gasteiger charge is 2.19. The lowest BCUT2D eigenvalue weighted by Crippen LogP contribution is -2.37. The third-order valence-corrected chi connectivity index (χ3v) is 5.61. The van der Waals surface area contributed by atoms with Gasteiger partial charge in [0, 0.05) is 56.7 Å². The summed E-state index contributed by atoms with van der Waals surface area (Å²) in [4.78, 5) is 21.4. The van der Waals surface area contributed by atoms with Gasteiger partial charge in [-0.15, -0.1) is 0 Å². The molecule has 2 aromatic carbocycles. The fraction of sp³-hybridized carbons (Fsp3) is 0.333. The first-order valence-corrected chi connectivity index (χ1v) is 10.6. The normalized spacial score (nSPS) is 14.5. The Kier molecular flexibility index (Phi) is 6.32. The molecule has 4 rings (SSSR count). The van der Waals surface area contributed by atoms with Gasteiger partial charge < -0.3 is 20.5 Å². The summed E-state index contributed by atoms with van der Waals surface area (Å²) in [7, 11) is 1.79. The van der Waals surface area contributed by atoms with Crippen molar-refractivity contribution in [2.75, 3.05) is 20.1 Å². The number of benzene rings is 2. The predicted octanol–water partition coefficient (Wildman–Crippen LogP) is 3.20. The molecule has 1 saturated heterocycles. The molecule has 30 heavy (non-hydrogen) atoms. The molecule has 6 heteroatoms. The molecule has 1 aromatic heterocycles. The molecule has 2 heterocycles. The number of hydrogen-bond acceptors (Lipinski definition) is 2. The maximum Gasteiger partial charge on any atom is 0.222 e. The van der Waals surface area contributed by atoms with Crippen molar-refractivity contribution in [2.45, 2.75) is 32.4 Å². The lowest BCUT2D eigenvalue weighted by molar-refractivity contribution is -0.128. The van der Waals surface area contributed by atoms with Gasteiger partial charge in [-0.2, -0.15) is 0 Å². The number of aliphatic imine (C=N–C) groups is 1. The summed E-state index contributed by atoms with van der Waals surface area (Å²) in [5, 5.41) is 8.03. The fourth-order valence-electron chi connectivity index (χ4n) is 3.91. The van der Waals surface area contributed by atoms with E-state index in [0.29, 0.717) is 19.5 Å². The standard InChI is InChI=1S/C24H29N5O/c1-25-24(26-13-12-20-16-27-22-6-3-2-5-21(20)22)28-15-18-8-10-19(11-9-18)17-29-14-4-7-23(29)30/h2-3,5-6,8-11,16,27H,4,7,12-15,17H2,1H3,(H2,25,26,28). The van der Waals surface area contributed by atoms with Crippen LogP contribution in [-0.4, -0.2) is 41.9 Å². The lowest BCUT2D eigenvalue weighted by Gasteiger charge is -2.16. The summed E-state index contributed by atoms with van der Waals surface area (Å²) in [5.74, 6) is 1.06. The van der Waals surface area contributed by atoms with Gasteiger partial charge in [-0.1, -0.05) is 42.5 Å². The lowest BCUT2D eigenvalue weighted by atomic mass is 10.1. The number of hydrogen-bond donors (Lipinski definition) is 3. The molecule has 3 aromatic rings. The number of rotatable bonds is 7. The maximum atomic E-state index is 11.8. The van der Waals surface area contributed by atoms with Gasteiger partial charge in [0.25, 0.3) is 0 Å². The van der Waals surface area contributed by atoms with E-state index in [1.54, 1.807) is 7.05 Å². The minimum absolute atomic E-state index is 0.267. The van der Waals surface area contributed by atoms with Crippen LogP contribution in [0.1, 0.15) is 29.5 Å². The van der Waals surface area contributed by atoms with E-state index >= 15 is 0 Å². The van der Waals surface area contributed by atoms with Crippen molar-refractivity contribution in [3.05, 3.63) is 71.4 Å². The van der Waals surface area contributed by atoms with Gasteiger partial charge in [0.2, 0.25) is 5.91 Å². The summed E-state index contributed by atoms with van der Waals surface area (Å²) >= 11 is 0. The van der Waals surface area contributed by atoms with E-state index in [1.807, 2.05) is 11.0 Å². The molecule has 0 atom stereocenters. The summed E-state index contributed by atoms with van der Waals surface area (Å²) in [6.45, 7) is 3.10. The summed E-state index contributed by atoms with van der Waals surface area (Å²) < 4.78 is 0. The van der Waals surface area contributed by atoms with E-state index in [4.69, 9.17) is 0 Å². The number of aromatic amines is 1. The molecule has 1 fully saturated rings. The number of amides is 1. The molecule has 0 radical (unpaired) electrons. The van der Waals surface area contributed by atoms with Gasteiger partial charge in [0.05, 0.1) is 0 Å². The van der Waals surface area contributed by atoms with Crippen LogP contribution in [0.15, 0.2) is 59.7 Å². The Bertz CT molecular complexity index is 1020. The number of fused-ring (bicyclic) bond motifs is 1. The molecule has 0 bridgehead atoms. The zero-order chi connectivity index (χ0) is 20.8. The van der Waals surface area contributed by atoms with E-state index < -0.39 is 0 Å². The van der Waals surface area contributed by atoms with Crippen molar-refractivity contribution >= 4 is 22.8 Å². The van der Waals surface area contributed by atoms with Crippen molar-refractivity contribution < 1.29 is 4.79 Å². The van der Waals surface area contributed by atoms with Crippen LogP contribution in [0.25, 0.3) is 10.9 Å². The Morgan fingerprint density at radius 2 is 1.90 bits per heavy atom. The Balaban J connectivity index is 1.23. The van der Waals surface area contributed by atoms with Gasteiger partial charge in [0.1, 0.15) is 0 Å². The van der Waals surface area contributed by atoms with Crippen LogP contribution in [0.2, 0.25) is 0 Å². The minimum Gasteiger partial charge on any atom is -0.361 e. The topological polar surface area (TPSA) is 72.5 Å². The van der Waals surface area contributed by atoms with Crippen LogP contribution in [-0.2, 0) is 24.3 Å². The van der Waals surface area contributed by atoms with Crippen LogP contribution < -0.4 is 10.6 Å². The fourth-order valence-corrected chi connectivity index (χ4v) is 3.91. The molecule has 0 spiro atoms. The third kappa shape index (κ3) is 4.82. The number of para-hydroxylation sites is 1. The Hall–Kier alpha value is -3.28. The summed E-state index contributed by atoms with van der Waals surface area (Å²) in [6.07, 6.45) is 4.68. The molecule has 1 aliphatic heterocycles. The van der Waals surface area contributed by atoms with E-state index in [9.17, 15) is 4.79 Å². The van der Waals surface area contributed by atoms with Crippen LogP contribution >= 0.6 is 0 Å². The Labute approximate surface area is 177 Å². The molecule has 3 N–H and O–H groups in total. The number of guanidine groups is 1. The molecule has 6 nitrogen and oxygen atoms in total. The number of carbonyl (C=O) groups excluding carboxylic acids is 1. The molecular formula is C24H29N5O. The first-order chi connectivity index (χ1) is 14.7. The highest BCUT2D eigenvalue weighted by atomic mass is 16.2. The summed E-state index contributed by atoms with van der Waals surface area (Å²) in [5.41, 5.74) is 4.84. The van der Waals surface area contributed by atoms with Gasteiger partial charge in [0.15, 0.2) is 5.96 Å². The number of nitrogens with zero attached hydrogens (tertiary/aromatic N) is 2. The first-order valence-electron chi connectivity index (χ1n) is 10.6. The maximum absolute atomic E-state index is 11.8. The molecule has 0 aliphatic carbocycles. The second-order valence-corrected chi connectivity index (χ2v) is 7.70. The quantitative estimate of drug-likeness (QED) is 0.419. The third-order valence-electron chi connectivity index (χ3n) is 5.61. The van der Waals surface area contributed by atoms with Gasteiger partial charge in [-0.3, -0.25) is 9.79 Å². The number of likely N-dealkylation sites (tertiary alicyclic amines) is 1. The van der Waals surface area contributed by atoms with Crippen molar-refractivity contribution in [1.82, 2.24) is 20.5 Å². The van der Waals surface area contributed by atoms with E-state index in [-0.39, 0.29) is 5.91 Å². The zero-order valence-corrected chi connectivity index (χ0v) is 17.4. The average molecular weight is 404 g/mol. The van der Waals surface area contributed by atoms with Gasteiger partial charge >= 0.3 is 0 Å². The summed E-state index contributed by atoms with van der Waals surface area (Å²) in [6, 6.07) is 16.8. The van der Waals surface area contributed by atoms with Gasteiger partial charge in [-0.25, -0.2) is 0 Å². The largest absolute Gasteiger partial charge is 0.361 e. The Morgan fingerprint density at radius 3 is 2.67 bits per heavy atom. The number of aromatic nitrogens is 1. The van der Waals surface area contributed by atoms with Crippen molar-refractivity contribution in [3.63, 3.8) is 0 Å². The van der Waals surface area contributed by atoms with E-state index in [0.717, 1.165) is 31.9 Å². The van der Waals surface area contributed by atoms with Crippen molar-refractivity contribution in [3.8, 4) is 0 Å². The SMILES string of the molecule is CN=C(NCCc1c[nH]c2ccccc12)NCc1ccc(CN2CCCC2=O)cc1. The molecule has 156 valence electrons. The van der Waals surface area contributed by atoms with E-state index in [1.165, 1.54) is 27.6 Å². The first kappa shape index (κ1) is 20.0. The average Bonchev–Trinajstić information content (AvgIpc) is 3.38. The molecule has 1 amide bonds. The van der Waals surface area contributed by atoms with Crippen molar-refractivity contribution in [1.29, 1.82) is 0 Å². The zero-order valence-electron chi connectivity index (χ0n) is 17.4. The highest BCUT2D eigenvalue weighted by molar-refractivity contribution is 5.83. The molecular weight excluding hydrogens is 374 g/mol.